The lowest BCUT2D eigenvalue weighted by atomic mass is 10.3. The molecule has 0 aliphatic carbocycles. The van der Waals surface area contributed by atoms with Crippen LogP contribution in [0.4, 0.5) is 0 Å². The van der Waals surface area contributed by atoms with Crippen molar-refractivity contribution in [3.63, 3.8) is 0 Å². The van der Waals surface area contributed by atoms with E-state index in [-0.39, 0.29) is 9.92 Å². The molecule has 0 aliphatic rings. The molecule has 6 heteroatoms. The molecule has 0 saturated heterocycles. The van der Waals surface area contributed by atoms with Gasteiger partial charge in [-0.3, -0.25) is 0 Å². The third kappa shape index (κ3) is 2.03. The molecule has 1 N–H and O–H groups in total. The second kappa shape index (κ2) is 3.12. The molecule has 1 rings (SSSR count). The summed E-state index contributed by atoms with van der Waals surface area (Å²) >= 11 is 5.49. The van der Waals surface area contributed by atoms with E-state index in [1.807, 2.05) is 0 Å². The number of hydrogen-bond acceptors (Lipinski definition) is 3. The normalized spacial score (nSPS) is 11.5. The van der Waals surface area contributed by atoms with E-state index in [2.05, 4.69) is 0 Å². The number of aromatic hydroxyl groups is 1. The molecular weight excluding hydrogens is 223 g/mol. The zero-order valence-electron chi connectivity index (χ0n) is 5.66. The third-order valence-electron chi connectivity index (χ3n) is 1.18. The monoisotopic (exact) mass is 226 g/mol. The van der Waals surface area contributed by atoms with E-state index in [0.717, 1.165) is 12.1 Å². The van der Waals surface area contributed by atoms with Gasteiger partial charge in [0.15, 0.2) is 0 Å². The summed E-state index contributed by atoms with van der Waals surface area (Å²) in [4.78, 5) is -0.378. The summed E-state index contributed by atoms with van der Waals surface area (Å²) in [6.07, 6.45) is 0. The maximum atomic E-state index is 10.8. The Kier molecular flexibility index (Phi) is 2.51. The molecule has 0 radical (unpaired) electrons. The Morgan fingerprint density at radius 2 is 1.92 bits per heavy atom. The van der Waals surface area contributed by atoms with Crippen LogP contribution >= 0.6 is 22.3 Å². The first-order chi connectivity index (χ1) is 5.41. The second-order valence-electron chi connectivity index (χ2n) is 2.05. The predicted octanol–water partition coefficient (Wildman–Crippen LogP) is 1.97. The van der Waals surface area contributed by atoms with Crippen molar-refractivity contribution in [2.24, 2.45) is 0 Å². The smallest absolute Gasteiger partial charge is 0.265 e. The molecule has 0 aliphatic heterocycles. The fraction of sp³-hybridized carbons (Fsp3) is 0. The van der Waals surface area contributed by atoms with Crippen molar-refractivity contribution >= 4 is 31.3 Å². The van der Waals surface area contributed by atoms with Crippen LogP contribution in [0.3, 0.4) is 0 Å². The largest absolute Gasteiger partial charge is 0.507 e. The van der Waals surface area contributed by atoms with Crippen molar-refractivity contribution in [2.45, 2.75) is 4.90 Å². The van der Waals surface area contributed by atoms with Crippen molar-refractivity contribution in [3.8, 4) is 5.75 Å². The molecule has 0 atom stereocenters. The Bertz CT molecular complexity index is 399. The van der Waals surface area contributed by atoms with Crippen molar-refractivity contribution in [1.82, 2.24) is 0 Å². The van der Waals surface area contributed by atoms with Gasteiger partial charge in [-0.15, -0.1) is 0 Å². The molecule has 0 unspecified atom stereocenters. The average molecular weight is 227 g/mol. The zero-order valence-corrected chi connectivity index (χ0v) is 7.99. The maximum absolute atomic E-state index is 10.8. The summed E-state index contributed by atoms with van der Waals surface area (Å²) in [5, 5.41) is 9.25. The highest BCUT2D eigenvalue weighted by Crippen LogP contribution is 2.28. The summed E-state index contributed by atoms with van der Waals surface area (Å²) in [6, 6.07) is 3.61. The first-order valence-corrected chi connectivity index (χ1v) is 5.53. The molecule has 0 aromatic heterocycles. The molecule has 1 aromatic rings. The van der Waals surface area contributed by atoms with Crippen molar-refractivity contribution in [2.75, 3.05) is 0 Å². The molecule has 12 heavy (non-hydrogen) atoms. The van der Waals surface area contributed by atoms with Gasteiger partial charge in [0.05, 0.1) is 0 Å². The Morgan fingerprint density at radius 1 is 1.33 bits per heavy atom. The fourth-order valence-corrected chi connectivity index (χ4v) is 1.88. The van der Waals surface area contributed by atoms with Gasteiger partial charge in [0.25, 0.3) is 9.05 Å². The first kappa shape index (κ1) is 9.64. The minimum atomic E-state index is -3.92. The SMILES string of the molecule is O=S(=O)(Cl)c1cc(Cl)ccc1O. The number of hydrogen-bond donors (Lipinski definition) is 1. The molecule has 0 fully saturated rings. The number of benzene rings is 1. The van der Waals surface area contributed by atoms with Crippen LogP contribution in [-0.2, 0) is 9.05 Å². The molecule has 0 amide bonds. The third-order valence-corrected chi connectivity index (χ3v) is 2.77. The average Bonchev–Trinajstić information content (AvgIpc) is 1.92. The van der Waals surface area contributed by atoms with Gasteiger partial charge >= 0.3 is 0 Å². The Morgan fingerprint density at radius 3 is 2.33 bits per heavy atom. The van der Waals surface area contributed by atoms with Crippen LogP contribution in [-0.4, -0.2) is 13.5 Å². The van der Waals surface area contributed by atoms with Crippen LogP contribution in [0.5, 0.6) is 5.75 Å². The molecule has 0 spiro atoms. The van der Waals surface area contributed by atoms with Crippen molar-refractivity contribution < 1.29 is 13.5 Å². The van der Waals surface area contributed by atoms with Crippen LogP contribution in [0.1, 0.15) is 0 Å². The van der Waals surface area contributed by atoms with E-state index in [1.165, 1.54) is 6.07 Å². The highest BCUT2D eigenvalue weighted by atomic mass is 35.7. The van der Waals surface area contributed by atoms with Crippen molar-refractivity contribution in [3.05, 3.63) is 23.2 Å². The number of phenolic OH excluding ortho intramolecular Hbond substituents is 1. The predicted molar refractivity (Wildman–Crippen MR) is 46.2 cm³/mol. The van der Waals surface area contributed by atoms with Crippen LogP contribution in [0, 0.1) is 0 Å². The molecule has 0 saturated carbocycles. The lowest BCUT2D eigenvalue weighted by molar-refractivity contribution is 0.459. The van der Waals surface area contributed by atoms with E-state index >= 15 is 0 Å². The van der Waals surface area contributed by atoms with E-state index in [9.17, 15) is 8.42 Å². The lowest BCUT2D eigenvalue weighted by Crippen LogP contribution is -1.90. The van der Waals surface area contributed by atoms with Gasteiger partial charge in [-0.25, -0.2) is 8.42 Å². The van der Waals surface area contributed by atoms with E-state index < -0.39 is 14.8 Å². The van der Waals surface area contributed by atoms with Crippen LogP contribution in [0.2, 0.25) is 5.02 Å². The molecular formula is C6H4Cl2O3S. The van der Waals surface area contributed by atoms with Gasteiger partial charge in [0.2, 0.25) is 0 Å². The van der Waals surface area contributed by atoms with E-state index in [4.69, 9.17) is 27.4 Å². The van der Waals surface area contributed by atoms with Crippen LogP contribution in [0.25, 0.3) is 0 Å². The zero-order chi connectivity index (χ0) is 9.35. The van der Waals surface area contributed by atoms with Crippen molar-refractivity contribution in [1.29, 1.82) is 0 Å². The van der Waals surface area contributed by atoms with Gasteiger partial charge in [-0.2, -0.15) is 0 Å². The fourth-order valence-electron chi connectivity index (χ4n) is 0.683. The standard InChI is InChI=1S/C6H4Cl2O3S/c7-4-1-2-5(9)6(3-4)12(8,10)11/h1-3,9H. The number of phenols is 1. The van der Waals surface area contributed by atoms with Gasteiger partial charge in [0.1, 0.15) is 10.6 Å². The maximum Gasteiger partial charge on any atom is 0.265 e. The number of halogens is 2. The van der Waals surface area contributed by atoms with E-state index in [0.29, 0.717) is 0 Å². The first-order valence-electron chi connectivity index (χ1n) is 2.84. The molecule has 1 aromatic carbocycles. The Hall–Kier alpha value is -0.450. The van der Waals surface area contributed by atoms with Gasteiger partial charge in [0, 0.05) is 15.7 Å². The number of rotatable bonds is 1. The summed E-state index contributed by atoms with van der Waals surface area (Å²) in [7, 11) is 1.07. The summed E-state index contributed by atoms with van der Waals surface area (Å²) in [5.74, 6) is -0.408. The summed E-state index contributed by atoms with van der Waals surface area (Å²) < 4.78 is 21.5. The molecule has 0 bridgehead atoms. The van der Waals surface area contributed by atoms with Gasteiger partial charge in [-0.1, -0.05) is 11.6 Å². The minimum absolute atomic E-state index is 0.201. The quantitative estimate of drug-likeness (QED) is 0.746. The Balaban J connectivity index is 3.43. The summed E-state index contributed by atoms with van der Waals surface area (Å²) in [6.45, 7) is 0. The highest BCUT2D eigenvalue weighted by Gasteiger charge is 2.15. The summed E-state index contributed by atoms with van der Waals surface area (Å²) in [5.41, 5.74) is 0. The van der Waals surface area contributed by atoms with Gasteiger partial charge in [-0.05, 0) is 18.2 Å². The van der Waals surface area contributed by atoms with E-state index in [1.54, 1.807) is 0 Å². The Labute approximate surface area is 79.0 Å². The lowest BCUT2D eigenvalue weighted by Gasteiger charge is -1.99. The second-order valence-corrected chi connectivity index (χ2v) is 5.02. The minimum Gasteiger partial charge on any atom is -0.507 e. The molecule has 66 valence electrons. The van der Waals surface area contributed by atoms with Gasteiger partial charge < -0.3 is 5.11 Å². The molecule has 3 nitrogen and oxygen atoms in total. The van der Waals surface area contributed by atoms with Crippen LogP contribution < -0.4 is 0 Å². The molecule has 0 heterocycles. The highest BCUT2D eigenvalue weighted by molar-refractivity contribution is 8.13. The van der Waals surface area contributed by atoms with Crippen LogP contribution in [0.15, 0.2) is 23.1 Å². The topological polar surface area (TPSA) is 54.4 Å².